The Morgan fingerprint density at radius 1 is 1.05 bits per heavy atom. The summed E-state index contributed by atoms with van der Waals surface area (Å²) < 4.78 is 84.8. The Bertz CT molecular complexity index is 724. The minimum atomic E-state index is -4.81. The van der Waals surface area contributed by atoms with Crippen LogP contribution in [-0.2, 0) is 26.2 Å². The Labute approximate surface area is 114 Å². The molecule has 0 amide bonds. The standard InChI is InChI=1S/C9H11F3N2O4S2/c1-14(2)20(17,18)8-5-6(9(10,11)12)3-4-7(8)19(13,15)16/h3-5H,1-2H3,(H2,13,15,16). The zero-order chi connectivity index (χ0) is 15.9. The predicted octanol–water partition coefficient (Wildman–Crippen LogP) is 0.603. The summed E-state index contributed by atoms with van der Waals surface area (Å²) >= 11 is 0. The van der Waals surface area contributed by atoms with E-state index in [1.54, 1.807) is 0 Å². The summed E-state index contributed by atoms with van der Waals surface area (Å²) in [7, 11) is -6.77. The molecule has 0 atom stereocenters. The second-order valence-electron chi connectivity index (χ2n) is 3.99. The van der Waals surface area contributed by atoms with Crippen molar-refractivity contribution in [3.63, 3.8) is 0 Å². The van der Waals surface area contributed by atoms with Gasteiger partial charge in [0.1, 0.15) is 9.79 Å². The molecule has 0 aliphatic heterocycles. The number of hydrogen-bond donors (Lipinski definition) is 1. The first-order valence-electron chi connectivity index (χ1n) is 4.94. The number of nitrogens with two attached hydrogens (primary N) is 1. The molecule has 0 bridgehead atoms. The molecule has 6 nitrogen and oxygen atoms in total. The summed E-state index contributed by atoms with van der Waals surface area (Å²) in [6.07, 6.45) is -4.81. The van der Waals surface area contributed by atoms with E-state index in [1.807, 2.05) is 0 Å². The molecule has 0 saturated heterocycles. The Balaban J connectivity index is 3.78. The maximum atomic E-state index is 12.6. The first-order chi connectivity index (χ1) is 8.78. The Morgan fingerprint density at radius 3 is 1.90 bits per heavy atom. The normalized spacial score (nSPS) is 13.8. The van der Waals surface area contributed by atoms with Gasteiger partial charge in [-0.05, 0) is 18.2 Å². The average molecular weight is 332 g/mol. The Kier molecular flexibility index (Phi) is 4.21. The molecular weight excluding hydrogens is 321 g/mol. The third kappa shape index (κ3) is 3.29. The van der Waals surface area contributed by atoms with Gasteiger partial charge in [-0.25, -0.2) is 26.3 Å². The molecule has 0 heterocycles. The molecule has 0 radical (unpaired) electrons. The van der Waals surface area contributed by atoms with E-state index in [9.17, 15) is 30.0 Å². The van der Waals surface area contributed by atoms with Crippen LogP contribution in [0.15, 0.2) is 28.0 Å². The molecule has 0 aliphatic rings. The fourth-order valence-corrected chi connectivity index (χ4v) is 3.57. The molecule has 2 N–H and O–H groups in total. The number of nitrogens with zero attached hydrogens (tertiary/aromatic N) is 1. The van der Waals surface area contributed by atoms with E-state index in [0.29, 0.717) is 16.4 Å². The molecule has 11 heteroatoms. The summed E-state index contributed by atoms with van der Waals surface area (Å²) in [4.78, 5) is -1.90. The molecule has 0 spiro atoms. The number of primary sulfonamides is 1. The van der Waals surface area contributed by atoms with Crippen molar-refractivity contribution in [1.82, 2.24) is 4.31 Å². The lowest BCUT2D eigenvalue weighted by molar-refractivity contribution is -0.137. The predicted molar refractivity (Wildman–Crippen MR) is 63.7 cm³/mol. The molecule has 0 aliphatic carbocycles. The zero-order valence-corrected chi connectivity index (χ0v) is 12.0. The van der Waals surface area contributed by atoms with Crippen molar-refractivity contribution in [2.45, 2.75) is 16.0 Å². The first kappa shape index (κ1) is 16.9. The van der Waals surface area contributed by atoms with Crippen molar-refractivity contribution in [2.75, 3.05) is 14.1 Å². The van der Waals surface area contributed by atoms with E-state index in [2.05, 4.69) is 0 Å². The van der Waals surface area contributed by atoms with Crippen molar-refractivity contribution < 1.29 is 30.0 Å². The van der Waals surface area contributed by atoms with Gasteiger partial charge >= 0.3 is 6.18 Å². The lowest BCUT2D eigenvalue weighted by Gasteiger charge is -2.16. The van der Waals surface area contributed by atoms with Crippen LogP contribution in [0.5, 0.6) is 0 Å². The lowest BCUT2D eigenvalue weighted by atomic mass is 10.2. The van der Waals surface area contributed by atoms with E-state index >= 15 is 0 Å². The largest absolute Gasteiger partial charge is 0.416 e. The van der Waals surface area contributed by atoms with E-state index in [-0.39, 0.29) is 6.07 Å². The molecule has 0 aromatic heterocycles. The number of rotatable bonds is 3. The highest BCUT2D eigenvalue weighted by Crippen LogP contribution is 2.33. The van der Waals surface area contributed by atoms with Crippen LogP contribution in [0.4, 0.5) is 13.2 Å². The third-order valence-electron chi connectivity index (χ3n) is 2.34. The average Bonchev–Trinajstić information content (AvgIpc) is 2.25. The SMILES string of the molecule is CN(C)S(=O)(=O)c1cc(C(F)(F)F)ccc1S(N)(=O)=O. The van der Waals surface area contributed by atoms with Crippen LogP contribution in [-0.4, -0.2) is 35.2 Å². The van der Waals surface area contributed by atoms with E-state index < -0.39 is 41.6 Å². The second kappa shape index (κ2) is 4.98. The quantitative estimate of drug-likeness (QED) is 0.876. The molecule has 114 valence electrons. The number of hydrogen-bond acceptors (Lipinski definition) is 4. The van der Waals surface area contributed by atoms with Gasteiger partial charge in [-0.15, -0.1) is 0 Å². The number of alkyl halides is 3. The number of sulfonamides is 2. The van der Waals surface area contributed by atoms with Crippen molar-refractivity contribution >= 4 is 20.0 Å². The van der Waals surface area contributed by atoms with Crippen LogP contribution in [0.3, 0.4) is 0 Å². The molecule has 0 unspecified atom stereocenters. The molecule has 0 saturated carbocycles. The first-order valence-corrected chi connectivity index (χ1v) is 7.93. The molecule has 1 aromatic carbocycles. The van der Waals surface area contributed by atoms with E-state index in [1.165, 1.54) is 0 Å². The van der Waals surface area contributed by atoms with Crippen LogP contribution in [0.25, 0.3) is 0 Å². The maximum absolute atomic E-state index is 12.6. The highest BCUT2D eigenvalue weighted by molar-refractivity contribution is 7.92. The Morgan fingerprint density at radius 2 is 1.55 bits per heavy atom. The molecular formula is C9H11F3N2O4S2. The molecule has 20 heavy (non-hydrogen) atoms. The highest BCUT2D eigenvalue weighted by atomic mass is 32.2. The van der Waals surface area contributed by atoms with Crippen LogP contribution >= 0.6 is 0 Å². The fraction of sp³-hybridized carbons (Fsp3) is 0.333. The van der Waals surface area contributed by atoms with E-state index in [4.69, 9.17) is 5.14 Å². The van der Waals surface area contributed by atoms with Crippen LogP contribution in [0, 0.1) is 0 Å². The van der Waals surface area contributed by atoms with Gasteiger partial charge in [0.2, 0.25) is 20.0 Å². The topological polar surface area (TPSA) is 97.5 Å². The van der Waals surface area contributed by atoms with Gasteiger partial charge in [0.05, 0.1) is 5.56 Å². The molecule has 1 aromatic rings. The summed E-state index contributed by atoms with van der Waals surface area (Å²) in [5.74, 6) is 0. The fourth-order valence-electron chi connectivity index (χ4n) is 1.32. The second-order valence-corrected chi connectivity index (χ2v) is 7.64. The van der Waals surface area contributed by atoms with Crippen molar-refractivity contribution in [1.29, 1.82) is 0 Å². The molecule has 1 rings (SSSR count). The molecule has 0 fully saturated rings. The lowest BCUT2D eigenvalue weighted by Crippen LogP contribution is -2.26. The number of benzene rings is 1. The van der Waals surface area contributed by atoms with Crippen LogP contribution in [0.1, 0.15) is 5.56 Å². The smallest absolute Gasteiger partial charge is 0.225 e. The van der Waals surface area contributed by atoms with Gasteiger partial charge < -0.3 is 0 Å². The van der Waals surface area contributed by atoms with Crippen molar-refractivity contribution in [2.24, 2.45) is 5.14 Å². The van der Waals surface area contributed by atoms with Gasteiger partial charge in [-0.1, -0.05) is 0 Å². The summed E-state index contributed by atoms with van der Waals surface area (Å²) in [5.41, 5.74) is -1.29. The van der Waals surface area contributed by atoms with Gasteiger partial charge in [0, 0.05) is 14.1 Å². The van der Waals surface area contributed by atoms with Crippen LogP contribution < -0.4 is 5.14 Å². The highest BCUT2D eigenvalue weighted by Gasteiger charge is 2.35. The minimum Gasteiger partial charge on any atom is -0.225 e. The number of halogens is 3. The van der Waals surface area contributed by atoms with Gasteiger partial charge in [0.25, 0.3) is 0 Å². The van der Waals surface area contributed by atoms with Crippen molar-refractivity contribution in [3.05, 3.63) is 23.8 Å². The minimum absolute atomic E-state index is 0.245. The monoisotopic (exact) mass is 332 g/mol. The maximum Gasteiger partial charge on any atom is 0.416 e. The zero-order valence-electron chi connectivity index (χ0n) is 10.3. The van der Waals surface area contributed by atoms with Gasteiger partial charge in [0.15, 0.2) is 0 Å². The summed E-state index contributed by atoms with van der Waals surface area (Å²) in [6, 6.07) is 1.22. The van der Waals surface area contributed by atoms with Gasteiger partial charge in [-0.3, -0.25) is 0 Å². The summed E-state index contributed by atoms with van der Waals surface area (Å²) in [6.45, 7) is 0. The Hall–Kier alpha value is -1.17. The van der Waals surface area contributed by atoms with Gasteiger partial charge in [-0.2, -0.15) is 13.2 Å². The van der Waals surface area contributed by atoms with Crippen LogP contribution in [0.2, 0.25) is 0 Å². The third-order valence-corrected chi connectivity index (χ3v) is 5.29. The van der Waals surface area contributed by atoms with E-state index in [0.717, 1.165) is 14.1 Å². The summed E-state index contributed by atoms with van der Waals surface area (Å²) in [5, 5.41) is 4.82. The van der Waals surface area contributed by atoms with Crippen molar-refractivity contribution in [3.8, 4) is 0 Å².